The van der Waals surface area contributed by atoms with Crippen molar-refractivity contribution in [2.75, 3.05) is 36.0 Å². The van der Waals surface area contributed by atoms with Crippen LogP contribution in [0.4, 0.5) is 11.6 Å². The van der Waals surface area contributed by atoms with E-state index in [0.717, 1.165) is 43.4 Å². The quantitative estimate of drug-likeness (QED) is 0.814. The largest absolute Gasteiger partial charge is 0.368 e. The van der Waals surface area contributed by atoms with E-state index in [1.807, 2.05) is 19.2 Å². The van der Waals surface area contributed by atoms with Crippen molar-refractivity contribution in [3.63, 3.8) is 0 Å². The Morgan fingerprint density at radius 2 is 1.71 bits per heavy atom. The molecule has 0 atom stereocenters. The lowest BCUT2D eigenvalue weighted by atomic mass is 10.2. The van der Waals surface area contributed by atoms with E-state index in [2.05, 4.69) is 30.8 Å². The van der Waals surface area contributed by atoms with Gasteiger partial charge >= 0.3 is 0 Å². The maximum absolute atomic E-state index is 6.03. The molecule has 3 heterocycles. The fourth-order valence-electron chi connectivity index (χ4n) is 2.57. The van der Waals surface area contributed by atoms with Gasteiger partial charge in [-0.05, 0) is 19.1 Å². The molecule has 1 aliphatic heterocycles. The third-order valence-electron chi connectivity index (χ3n) is 3.70. The number of pyridine rings is 1. The summed E-state index contributed by atoms with van der Waals surface area (Å²) in [6.45, 7) is 5.70. The van der Waals surface area contributed by atoms with Crippen LogP contribution in [-0.4, -0.2) is 41.1 Å². The lowest BCUT2D eigenvalue weighted by molar-refractivity contribution is 0.638. The van der Waals surface area contributed by atoms with Gasteiger partial charge in [0.15, 0.2) is 0 Å². The van der Waals surface area contributed by atoms with Gasteiger partial charge in [-0.1, -0.05) is 0 Å². The van der Waals surface area contributed by atoms with E-state index in [-0.39, 0.29) is 0 Å². The Balaban J connectivity index is 1.73. The molecule has 0 amide bonds. The van der Waals surface area contributed by atoms with Crippen molar-refractivity contribution in [1.82, 2.24) is 15.0 Å². The number of piperazine rings is 1. The first-order chi connectivity index (χ1) is 10.3. The van der Waals surface area contributed by atoms with E-state index in [9.17, 15) is 0 Å². The molecule has 1 aliphatic rings. The molecule has 110 valence electrons. The second-order valence-corrected chi connectivity index (χ2v) is 5.38. The Bertz CT molecular complexity index is 596. The SMILES string of the molecule is Cc1cc(N2CCN(c3ncccn3)CC2)c(CCl)cn1. The standard InChI is InChI=1S/C15H18ClN5/c1-12-9-14(13(10-16)11-19-12)20-5-7-21(8-6-20)15-17-3-2-4-18-15/h2-4,9,11H,5-8,10H2,1H3. The van der Waals surface area contributed by atoms with Gasteiger partial charge in [0, 0.05) is 61.7 Å². The van der Waals surface area contributed by atoms with Gasteiger partial charge in [0.2, 0.25) is 5.95 Å². The zero-order chi connectivity index (χ0) is 14.7. The molecule has 3 rings (SSSR count). The van der Waals surface area contributed by atoms with E-state index >= 15 is 0 Å². The maximum Gasteiger partial charge on any atom is 0.225 e. The molecular formula is C15H18ClN5. The minimum atomic E-state index is 0.491. The van der Waals surface area contributed by atoms with Crippen LogP contribution in [0.3, 0.4) is 0 Å². The topological polar surface area (TPSA) is 45.2 Å². The highest BCUT2D eigenvalue weighted by atomic mass is 35.5. The van der Waals surface area contributed by atoms with Crippen molar-refractivity contribution in [1.29, 1.82) is 0 Å². The molecule has 0 aromatic carbocycles. The number of anilines is 2. The molecule has 0 N–H and O–H groups in total. The van der Waals surface area contributed by atoms with Gasteiger partial charge < -0.3 is 9.80 Å². The number of aromatic nitrogens is 3. The summed E-state index contributed by atoms with van der Waals surface area (Å²) in [5.41, 5.74) is 3.31. The molecule has 5 nitrogen and oxygen atoms in total. The van der Waals surface area contributed by atoms with E-state index in [1.54, 1.807) is 12.4 Å². The second kappa shape index (κ2) is 6.26. The first kappa shape index (κ1) is 14.1. The summed E-state index contributed by atoms with van der Waals surface area (Å²) in [6.07, 6.45) is 5.45. The fourth-order valence-corrected chi connectivity index (χ4v) is 2.78. The number of rotatable bonds is 3. The van der Waals surface area contributed by atoms with Crippen molar-refractivity contribution in [3.05, 3.63) is 42.0 Å². The summed E-state index contributed by atoms with van der Waals surface area (Å²) >= 11 is 6.03. The highest BCUT2D eigenvalue weighted by Crippen LogP contribution is 2.24. The summed E-state index contributed by atoms with van der Waals surface area (Å²) < 4.78 is 0. The molecule has 0 saturated carbocycles. The maximum atomic E-state index is 6.03. The Kier molecular flexibility index (Phi) is 4.20. The summed E-state index contributed by atoms with van der Waals surface area (Å²) in [4.78, 5) is 17.5. The first-order valence-electron chi connectivity index (χ1n) is 7.06. The lowest BCUT2D eigenvalue weighted by Gasteiger charge is -2.36. The number of hydrogen-bond donors (Lipinski definition) is 0. The van der Waals surface area contributed by atoms with Gasteiger partial charge in [-0.2, -0.15) is 0 Å². The number of hydrogen-bond acceptors (Lipinski definition) is 5. The Labute approximate surface area is 129 Å². The van der Waals surface area contributed by atoms with Crippen LogP contribution in [0.2, 0.25) is 0 Å². The van der Waals surface area contributed by atoms with Gasteiger partial charge in [-0.15, -0.1) is 11.6 Å². The smallest absolute Gasteiger partial charge is 0.225 e. The van der Waals surface area contributed by atoms with E-state index in [1.165, 1.54) is 5.69 Å². The molecule has 0 unspecified atom stereocenters. The van der Waals surface area contributed by atoms with E-state index in [0.29, 0.717) is 5.88 Å². The van der Waals surface area contributed by atoms with Crippen molar-refractivity contribution < 1.29 is 0 Å². The minimum Gasteiger partial charge on any atom is -0.368 e. The molecule has 0 spiro atoms. The number of halogens is 1. The van der Waals surface area contributed by atoms with Gasteiger partial charge in [-0.25, -0.2) is 9.97 Å². The molecule has 6 heteroatoms. The number of alkyl halides is 1. The average Bonchev–Trinajstić information content (AvgIpc) is 2.56. The minimum absolute atomic E-state index is 0.491. The van der Waals surface area contributed by atoms with Gasteiger partial charge in [0.05, 0.1) is 5.88 Å². The van der Waals surface area contributed by atoms with Crippen LogP contribution < -0.4 is 9.80 Å². The number of aryl methyl sites for hydroxylation is 1. The van der Waals surface area contributed by atoms with E-state index < -0.39 is 0 Å². The van der Waals surface area contributed by atoms with Crippen LogP contribution in [0.25, 0.3) is 0 Å². The average molecular weight is 304 g/mol. The van der Waals surface area contributed by atoms with Gasteiger partial charge in [0.25, 0.3) is 0 Å². The molecular weight excluding hydrogens is 286 g/mol. The third kappa shape index (κ3) is 3.08. The van der Waals surface area contributed by atoms with Crippen molar-refractivity contribution in [2.24, 2.45) is 0 Å². The van der Waals surface area contributed by atoms with Crippen LogP contribution in [0.5, 0.6) is 0 Å². The Morgan fingerprint density at radius 3 is 2.38 bits per heavy atom. The van der Waals surface area contributed by atoms with Crippen LogP contribution in [-0.2, 0) is 5.88 Å². The molecule has 1 saturated heterocycles. The third-order valence-corrected chi connectivity index (χ3v) is 3.99. The highest BCUT2D eigenvalue weighted by Gasteiger charge is 2.20. The summed E-state index contributed by atoms with van der Waals surface area (Å²) in [6, 6.07) is 3.96. The second-order valence-electron chi connectivity index (χ2n) is 5.11. The van der Waals surface area contributed by atoms with Crippen molar-refractivity contribution in [3.8, 4) is 0 Å². The monoisotopic (exact) mass is 303 g/mol. The number of nitrogens with zero attached hydrogens (tertiary/aromatic N) is 5. The van der Waals surface area contributed by atoms with Gasteiger partial charge in [0.1, 0.15) is 0 Å². The fraction of sp³-hybridized carbons (Fsp3) is 0.400. The molecule has 0 radical (unpaired) electrons. The van der Waals surface area contributed by atoms with Crippen molar-refractivity contribution >= 4 is 23.2 Å². The normalized spacial score (nSPS) is 15.3. The van der Waals surface area contributed by atoms with Crippen LogP contribution in [0, 0.1) is 6.92 Å². The molecule has 21 heavy (non-hydrogen) atoms. The molecule has 1 fully saturated rings. The Morgan fingerprint density at radius 1 is 1.05 bits per heavy atom. The van der Waals surface area contributed by atoms with Crippen LogP contribution >= 0.6 is 11.6 Å². The molecule has 2 aromatic rings. The summed E-state index contributed by atoms with van der Waals surface area (Å²) in [7, 11) is 0. The lowest BCUT2D eigenvalue weighted by Crippen LogP contribution is -2.47. The predicted molar refractivity (Wildman–Crippen MR) is 85.0 cm³/mol. The zero-order valence-electron chi connectivity index (χ0n) is 12.0. The van der Waals surface area contributed by atoms with Crippen molar-refractivity contribution in [2.45, 2.75) is 12.8 Å². The summed E-state index contributed by atoms with van der Waals surface area (Å²) in [5.74, 6) is 1.30. The Hall–Kier alpha value is -1.88. The van der Waals surface area contributed by atoms with Crippen LogP contribution in [0.1, 0.15) is 11.3 Å². The van der Waals surface area contributed by atoms with Crippen LogP contribution in [0.15, 0.2) is 30.7 Å². The predicted octanol–water partition coefficient (Wildman–Crippen LogP) is 2.25. The molecule has 0 bridgehead atoms. The zero-order valence-corrected chi connectivity index (χ0v) is 12.8. The molecule has 2 aromatic heterocycles. The highest BCUT2D eigenvalue weighted by molar-refractivity contribution is 6.17. The molecule has 0 aliphatic carbocycles. The summed E-state index contributed by atoms with van der Waals surface area (Å²) in [5, 5.41) is 0. The van der Waals surface area contributed by atoms with Gasteiger partial charge in [-0.3, -0.25) is 4.98 Å². The first-order valence-corrected chi connectivity index (χ1v) is 7.60. The van der Waals surface area contributed by atoms with E-state index in [4.69, 9.17) is 11.6 Å².